The van der Waals surface area contributed by atoms with Crippen molar-refractivity contribution in [1.82, 2.24) is 0 Å². The van der Waals surface area contributed by atoms with Crippen molar-refractivity contribution < 1.29 is 9.53 Å². The van der Waals surface area contributed by atoms with E-state index < -0.39 is 8.56 Å². The fourth-order valence-corrected chi connectivity index (χ4v) is 9.25. The number of hydrogen-bond acceptors (Lipinski definition) is 2. The van der Waals surface area contributed by atoms with E-state index in [0.29, 0.717) is 12.2 Å². The van der Waals surface area contributed by atoms with Crippen LogP contribution in [0.5, 0.6) is 0 Å². The highest BCUT2D eigenvalue weighted by Gasteiger charge is 2.43. The van der Waals surface area contributed by atoms with Gasteiger partial charge < -0.3 is 9.53 Å². The average Bonchev–Trinajstić information content (AvgIpc) is 2.91. The highest BCUT2D eigenvalue weighted by molar-refractivity contribution is 7.28. The highest BCUT2D eigenvalue weighted by Crippen LogP contribution is 2.40. The summed E-state index contributed by atoms with van der Waals surface area (Å²) in [5.41, 5.74) is 0. The van der Waals surface area contributed by atoms with Crippen molar-refractivity contribution in [2.75, 3.05) is 0 Å². The molecule has 0 bridgehead atoms. The Bertz CT molecular complexity index is 179. The van der Waals surface area contributed by atoms with E-state index in [9.17, 15) is 4.80 Å². The van der Waals surface area contributed by atoms with Gasteiger partial charge in [-0.05, 0) is 41.0 Å². The van der Waals surface area contributed by atoms with Crippen molar-refractivity contribution in [3.05, 3.63) is 0 Å². The molecule has 4 atom stereocenters. The van der Waals surface area contributed by atoms with E-state index in [4.69, 9.17) is 4.74 Å². The number of ether oxygens (including phenoxy) is 1. The Morgan fingerprint density at radius 2 is 2.31 bits per heavy atom. The van der Waals surface area contributed by atoms with Gasteiger partial charge in [0.2, 0.25) is 0 Å². The molecule has 4 unspecified atom stereocenters. The molecular weight excluding hydrogens is 212 g/mol. The quantitative estimate of drug-likeness (QED) is 0.478. The predicted molar refractivity (Wildman–Crippen MR) is 63.3 cm³/mol. The lowest BCUT2D eigenvalue weighted by Gasteiger charge is -2.19. The van der Waals surface area contributed by atoms with Crippen molar-refractivity contribution >= 4 is 26.9 Å². The molecule has 1 N–H and O–H groups in total. The molecule has 0 aromatic heterocycles. The molecule has 5 heteroatoms. The number of fused-ring (bicyclic) bond motifs is 1. The van der Waals surface area contributed by atoms with Crippen LogP contribution < -0.4 is 0 Å². The Morgan fingerprint density at radius 3 is 3.00 bits per heavy atom. The zero-order valence-corrected chi connectivity index (χ0v) is 13.0. The molecule has 2 aliphatic rings. The van der Waals surface area contributed by atoms with Gasteiger partial charge in [-0.3, -0.25) is 0 Å². The molecule has 1 saturated heterocycles. The number of hydrogen-bond donors (Lipinski definition) is 1. The summed E-state index contributed by atoms with van der Waals surface area (Å²) in [6.07, 6.45) is 6.55. The average molecular weight is 233 g/mol. The molecule has 1 heterocycles. The minimum atomic E-state index is -1.10. The smallest absolute Gasteiger partial charge is 0.150 e. The molecule has 13 heavy (non-hydrogen) atoms. The summed E-state index contributed by atoms with van der Waals surface area (Å²) < 4.78 is 5.51. The third-order valence-corrected chi connectivity index (χ3v) is 18.0. The van der Waals surface area contributed by atoms with Crippen LogP contribution in [0.15, 0.2) is 0 Å². The molecule has 76 valence electrons. The SMILES string of the molecule is O[SiH](CCC1CCC2OC2C1)[SiH2][SiH3]. The maximum absolute atomic E-state index is 9.67. The summed E-state index contributed by atoms with van der Waals surface area (Å²) in [4.78, 5) is 9.67. The molecule has 0 aromatic rings. The second-order valence-electron chi connectivity index (χ2n) is 4.53. The van der Waals surface area contributed by atoms with Gasteiger partial charge in [0, 0.05) is 8.55 Å². The van der Waals surface area contributed by atoms with E-state index in [1.807, 2.05) is 0 Å². The molecular formula is C8H20O2Si3. The van der Waals surface area contributed by atoms with Crippen molar-refractivity contribution in [2.45, 2.75) is 43.9 Å². The van der Waals surface area contributed by atoms with Gasteiger partial charge in [0.05, 0.1) is 12.2 Å². The first kappa shape index (κ1) is 10.1. The van der Waals surface area contributed by atoms with Crippen LogP contribution in [0.25, 0.3) is 0 Å². The van der Waals surface area contributed by atoms with Crippen molar-refractivity contribution in [2.24, 2.45) is 5.92 Å². The Labute approximate surface area is 86.6 Å². The molecule has 1 aliphatic heterocycles. The van der Waals surface area contributed by atoms with Crippen LogP contribution >= 0.6 is 0 Å². The Kier molecular flexibility index (Phi) is 3.41. The van der Waals surface area contributed by atoms with Crippen LogP contribution in [-0.4, -0.2) is 43.9 Å². The fourth-order valence-electron chi connectivity index (χ4n) is 2.38. The fraction of sp³-hybridized carbons (Fsp3) is 1.00. The monoisotopic (exact) mass is 232 g/mol. The normalized spacial score (nSPS) is 40.8. The minimum absolute atomic E-state index is 0.0912. The lowest BCUT2D eigenvalue weighted by atomic mass is 9.88. The minimum Gasteiger partial charge on any atom is -0.439 e. The molecule has 2 fully saturated rings. The summed E-state index contributed by atoms with van der Waals surface area (Å²) in [5.74, 6) is 0.896. The molecule has 0 radical (unpaired) electrons. The Morgan fingerprint density at radius 1 is 1.46 bits per heavy atom. The topological polar surface area (TPSA) is 32.8 Å². The largest absolute Gasteiger partial charge is 0.439 e. The van der Waals surface area contributed by atoms with Gasteiger partial charge in [0.25, 0.3) is 0 Å². The molecule has 0 amide bonds. The lowest BCUT2D eigenvalue weighted by molar-refractivity contribution is 0.356. The lowest BCUT2D eigenvalue weighted by Crippen LogP contribution is -2.24. The van der Waals surface area contributed by atoms with E-state index in [0.717, 1.165) is 5.92 Å². The van der Waals surface area contributed by atoms with Gasteiger partial charge in [-0.2, -0.15) is 0 Å². The maximum Gasteiger partial charge on any atom is 0.150 e. The molecule has 0 aromatic carbocycles. The Hall–Kier alpha value is 0.571. The van der Waals surface area contributed by atoms with Crippen LogP contribution in [0.4, 0.5) is 0 Å². The standard InChI is InChI=1S/C8H20O2Si3/c9-13(12-11)4-3-6-1-2-7-8(5-6)10-7/h6-9,13H,1-5,12H2,11H3. The molecule has 1 saturated carbocycles. The first-order valence-corrected chi connectivity index (χ1v) is 15.9. The van der Waals surface area contributed by atoms with Crippen molar-refractivity contribution in [3.63, 3.8) is 0 Å². The maximum atomic E-state index is 9.67. The van der Waals surface area contributed by atoms with Gasteiger partial charge >= 0.3 is 0 Å². The van der Waals surface area contributed by atoms with Gasteiger partial charge in [-0.25, -0.2) is 0 Å². The van der Waals surface area contributed by atoms with Gasteiger partial charge in [0.15, 0.2) is 0 Å². The third-order valence-electron chi connectivity index (χ3n) is 3.49. The van der Waals surface area contributed by atoms with Crippen molar-refractivity contribution in [3.8, 4) is 0 Å². The molecule has 1 aliphatic carbocycles. The van der Waals surface area contributed by atoms with Crippen LogP contribution in [0, 0.1) is 5.92 Å². The Balaban J connectivity index is 1.64. The van der Waals surface area contributed by atoms with E-state index in [2.05, 4.69) is 0 Å². The van der Waals surface area contributed by atoms with Crippen LogP contribution in [0.1, 0.15) is 25.7 Å². The highest BCUT2D eigenvalue weighted by atomic mass is 29.5. The third kappa shape index (κ3) is 2.76. The van der Waals surface area contributed by atoms with E-state index in [1.165, 1.54) is 41.5 Å². The van der Waals surface area contributed by atoms with E-state index >= 15 is 0 Å². The molecule has 0 spiro atoms. The summed E-state index contributed by atoms with van der Waals surface area (Å²) in [6, 6.07) is 1.22. The zero-order chi connectivity index (χ0) is 9.26. The van der Waals surface area contributed by atoms with Gasteiger partial charge in [0.1, 0.15) is 8.56 Å². The molecule has 2 nitrogen and oxygen atoms in total. The molecule has 2 rings (SSSR count). The summed E-state index contributed by atoms with van der Waals surface area (Å²) >= 11 is 0. The van der Waals surface area contributed by atoms with Crippen LogP contribution in [-0.2, 0) is 4.74 Å². The number of rotatable bonds is 4. The predicted octanol–water partition coefficient (Wildman–Crippen LogP) is -1.39. The second-order valence-corrected chi connectivity index (χ2v) is 19.9. The van der Waals surface area contributed by atoms with E-state index in [1.54, 1.807) is 0 Å². The van der Waals surface area contributed by atoms with Crippen molar-refractivity contribution in [1.29, 1.82) is 0 Å². The van der Waals surface area contributed by atoms with Crippen LogP contribution in [0.3, 0.4) is 0 Å². The first-order valence-electron chi connectivity index (χ1n) is 5.63. The van der Waals surface area contributed by atoms with E-state index in [-0.39, 0.29) is 8.55 Å². The zero-order valence-electron chi connectivity index (χ0n) is 8.41. The first-order chi connectivity index (χ1) is 6.29. The van der Waals surface area contributed by atoms with Gasteiger partial charge in [-0.1, -0.05) is 6.42 Å². The summed E-state index contributed by atoms with van der Waals surface area (Å²) in [7, 11) is 0.323. The summed E-state index contributed by atoms with van der Waals surface area (Å²) in [6.45, 7) is 0. The number of epoxide rings is 1. The summed E-state index contributed by atoms with van der Waals surface area (Å²) in [5, 5.41) is 0. The van der Waals surface area contributed by atoms with Gasteiger partial charge in [-0.15, -0.1) is 0 Å². The second kappa shape index (κ2) is 4.39. The van der Waals surface area contributed by atoms with Crippen LogP contribution in [0.2, 0.25) is 6.04 Å².